The van der Waals surface area contributed by atoms with Crippen LogP contribution in [0.25, 0.3) is 0 Å². The van der Waals surface area contributed by atoms with Crippen LogP contribution in [0.4, 0.5) is 0 Å². The van der Waals surface area contributed by atoms with Crippen LogP contribution < -0.4 is 0 Å². The van der Waals surface area contributed by atoms with Gasteiger partial charge in [0.25, 0.3) is 0 Å². The highest BCUT2D eigenvalue weighted by atomic mass is 28.4. The monoisotopic (exact) mass is 191 g/mol. The minimum atomic E-state index is -2.09. The minimum absolute atomic E-state index is 0.488. The van der Waals surface area contributed by atoms with Gasteiger partial charge in [-0.05, 0) is 14.1 Å². The molecule has 0 aromatic rings. The highest BCUT2D eigenvalue weighted by molar-refractivity contribution is 6.65. The lowest BCUT2D eigenvalue weighted by Gasteiger charge is -2.37. The second-order valence-electron chi connectivity index (χ2n) is 3.24. The molecule has 0 aliphatic carbocycles. The molecule has 0 aromatic carbocycles. The van der Waals surface area contributed by atoms with Crippen molar-refractivity contribution in [3.05, 3.63) is 0 Å². The maximum atomic E-state index is 5.54. The van der Waals surface area contributed by atoms with Crippen LogP contribution in [0.5, 0.6) is 0 Å². The Morgan fingerprint density at radius 1 is 1.25 bits per heavy atom. The van der Waals surface area contributed by atoms with E-state index in [9.17, 15) is 0 Å². The third kappa shape index (κ3) is 2.07. The first-order chi connectivity index (χ1) is 5.55. The first-order valence-electron chi connectivity index (χ1n) is 4.32. The Morgan fingerprint density at radius 2 is 1.67 bits per heavy atom. The molecule has 0 spiro atoms. The van der Waals surface area contributed by atoms with Crippen LogP contribution in [0, 0.1) is 0 Å². The molecule has 0 aromatic heterocycles. The Balaban J connectivity index is 4.56. The lowest BCUT2D eigenvalue weighted by atomic mass is 10.4. The van der Waals surface area contributed by atoms with E-state index in [1.165, 1.54) is 0 Å². The maximum Gasteiger partial charge on any atom is 0.429 e. The highest BCUT2D eigenvalue weighted by Crippen LogP contribution is 2.27. The van der Waals surface area contributed by atoms with Gasteiger partial charge in [0.15, 0.2) is 0 Å². The normalized spacial score (nSPS) is 15.2. The molecular formula is C8H21NO2Si. The molecule has 0 radical (unpaired) electrons. The van der Waals surface area contributed by atoms with Crippen molar-refractivity contribution < 1.29 is 8.85 Å². The van der Waals surface area contributed by atoms with Crippen molar-refractivity contribution in [1.29, 1.82) is 0 Å². The number of hydrogen-bond acceptors (Lipinski definition) is 3. The molecule has 0 rings (SSSR count). The van der Waals surface area contributed by atoms with Crippen LogP contribution in [-0.4, -0.2) is 41.6 Å². The fourth-order valence-corrected chi connectivity index (χ4v) is 4.65. The molecule has 0 saturated heterocycles. The number of nitrogens with zero attached hydrogens (tertiary/aromatic N) is 1. The fraction of sp³-hybridized carbons (Fsp3) is 1.00. The van der Waals surface area contributed by atoms with Crippen molar-refractivity contribution in [3.8, 4) is 0 Å². The van der Waals surface area contributed by atoms with Gasteiger partial charge in [0.2, 0.25) is 0 Å². The van der Waals surface area contributed by atoms with Gasteiger partial charge in [0.1, 0.15) is 0 Å². The summed E-state index contributed by atoms with van der Waals surface area (Å²) in [5.41, 5.74) is 0.488. The molecule has 0 aliphatic rings. The van der Waals surface area contributed by atoms with Crippen LogP contribution in [0.3, 0.4) is 0 Å². The quantitative estimate of drug-likeness (QED) is 0.616. The van der Waals surface area contributed by atoms with Gasteiger partial charge in [0, 0.05) is 19.8 Å². The third-order valence-electron chi connectivity index (χ3n) is 2.44. The Bertz CT molecular complexity index is 126. The van der Waals surface area contributed by atoms with E-state index in [0.29, 0.717) is 5.54 Å². The average Bonchev–Trinajstić information content (AvgIpc) is 2.06. The van der Waals surface area contributed by atoms with Gasteiger partial charge >= 0.3 is 8.72 Å². The van der Waals surface area contributed by atoms with E-state index in [1.54, 1.807) is 14.2 Å². The van der Waals surface area contributed by atoms with E-state index in [-0.39, 0.29) is 0 Å². The number of hydrogen-bond donors (Lipinski definition) is 0. The Kier molecular flexibility index (Phi) is 5.00. The predicted molar refractivity (Wildman–Crippen MR) is 53.2 cm³/mol. The molecule has 74 valence electrons. The van der Waals surface area contributed by atoms with Crippen molar-refractivity contribution in [3.63, 3.8) is 0 Å². The van der Waals surface area contributed by atoms with Gasteiger partial charge < -0.3 is 8.85 Å². The minimum Gasteiger partial charge on any atom is -0.386 e. The zero-order chi connectivity index (χ0) is 9.78. The van der Waals surface area contributed by atoms with Crippen molar-refractivity contribution in [2.24, 2.45) is 0 Å². The van der Waals surface area contributed by atoms with Gasteiger partial charge in [-0.15, -0.1) is 0 Å². The maximum absolute atomic E-state index is 5.54. The molecule has 0 amide bonds. The van der Waals surface area contributed by atoms with Crippen LogP contribution in [-0.2, 0) is 8.85 Å². The topological polar surface area (TPSA) is 21.7 Å². The summed E-state index contributed by atoms with van der Waals surface area (Å²) in [6.07, 6.45) is 1.09. The first-order valence-corrected chi connectivity index (χ1v) is 6.17. The van der Waals surface area contributed by atoms with Gasteiger partial charge in [-0.1, -0.05) is 20.3 Å². The molecule has 1 atom stereocenters. The van der Waals surface area contributed by atoms with Crippen molar-refractivity contribution in [2.45, 2.75) is 25.8 Å². The lowest BCUT2D eigenvalue weighted by molar-refractivity contribution is 0.174. The summed E-state index contributed by atoms with van der Waals surface area (Å²) < 4.78 is 13.2. The zero-order valence-corrected chi connectivity index (χ0v) is 10.0. The van der Waals surface area contributed by atoms with Crippen LogP contribution in [0.1, 0.15) is 20.3 Å². The molecule has 0 N–H and O–H groups in total. The van der Waals surface area contributed by atoms with Gasteiger partial charge in [0.05, 0.1) is 0 Å². The second kappa shape index (κ2) is 4.96. The molecule has 0 fully saturated rings. The number of rotatable bonds is 5. The summed E-state index contributed by atoms with van der Waals surface area (Å²) in [5.74, 6) is 0. The summed E-state index contributed by atoms with van der Waals surface area (Å²) in [6, 6.07) is 0. The van der Waals surface area contributed by atoms with Crippen LogP contribution in [0.2, 0.25) is 5.54 Å². The van der Waals surface area contributed by atoms with E-state index in [1.807, 2.05) is 14.1 Å². The molecule has 0 aliphatic heterocycles. The summed E-state index contributed by atoms with van der Waals surface area (Å²) >= 11 is 0. The smallest absolute Gasteiger partial charge is 0.386 e. The lowest BCUT2D eigenvalue weighted by Crippen LogP contribution is -2.56. The molecule has 0 bridgehead atoms. The molecule has 0 saturated carbocycles. The van der Waals surface area contributed by atoms with Gasteiger partial charge in [-0.2, -0.15) is 0 Å². The second-order valence-corrected chi connectivity index (χ2v) is 7.20. The summed E-state index contributed by atoms with van der Waals surface area (Å²) in [6.45, 7) is 4.34. The SMILES string of the molecule is CCC(C)[Si](OC)(OC)N(C)C. The van der Waals surface area contributed by atoms with Crippen molar-refractivity contribution in [2.75, 3.05) is 28.3 Å². The summed E-state index contributed by atoms with van der Waals surface area (Å²) in [4.78, 5) is 0. The first kappa shape index (κ1) is 12.1. The van der Waals surface area contributed by atoms with E-state index in [0.717, 1.165) is 6.42 Å². The van der Waals surface area contributed by atoms with E-state index >= 15 is 0 Å². The summed E-state index contributed by atoms with van der Waals surface area (Å²) in [5, 5.41) is 0. The molecular weight excluding hydrogens is 170 g/mol. The Hall–Kier alpha value is 0.0969. The van der Waals surface area contributed by atoms with Crippen molar-refractivity contribution >= 4 is 8.72 Å². The summed E-state index contributed by atoms with van der Waals surface area (Å²) in [7, 11) is 5.42. The highest BCUT2D eigenvalue weighted by Gasteiger charge is 2.44. The van der Waals surface area contributed by atoms with E-state index < -0.39 is 8.72 Å². The predicted octanol–water partition coefficient (Wildman–Crippen LogP) is 1.58. The van der Waals surface area contributed by atoms with Crippen molar-refractivity contribution in [1.82, 2.24) is 4.57 Å². The molecule has 4 heteroatoms. The van der Waals surface area contributed by atoms with E-state index in [4.69, 9.17) is 8.85 Å². The fourth-order valence-electron chi connectivity index (χ4n) is 1.55. The van der Waals surface area contributed by atoms with Gasteiger partial charge in [-0.3, -0.25) is 4.57 Å². The van der Waals surface area contributed by atoms with Crippen LogP contribution in [0.15, 0.2) is 0 Å². The molecule has 3 nitrogen and oxygen atoms in total. The molecule has 1 unspecified atom stereocenters. The molecule has 0 heterocycles. The zero-order valence-electron chi connectivity index (χ0n) is 9.05. The third-order valence-corrected chi connectivity index (χ3v) is 6.51. The molecule has 12 heavy (non-hydrogen) atoms. The van der Waals surface area contributed by atoms with Crippen LogP contribution >= 0.6 is 0 Å². The average molecular weight is 191 g/mol. The Labute approximate surface area is 77.0 Å². The Morgan fingerprint density at radius 3 is 1.75 bits per heavy atom. The standard InChI is InChI=1S/C8H21NO2Si/c1-7-8(2)12(10-5,11-6)9(3)4/h8H,7H2,1-6H3. The largest absolute Gasteiger partial charge is 0.429 e. The van der Waals surface area contributed by atoms with Gasteiger partial charge in [-0.25, -0.2) is 0 Å². The van der Waals surface area contributed by atoms with E-state index in [2.05, 4.69) is 18.4 Å².